The summed E-state index contributed by atoms with van der Waals surface area (Å²) in [5.74, 6) is 0.0987. The van der Waals surface area contributed by atoms with Crippen LogP contribution in [0.1, 0.15) is 25.0 Å². The van der Waals surface area contributed by atoms with Gasteiger partial charge in [-0.1, -0.05) is 22.9 Å². The normalized spacial score (nSPS) is 15.9. The quantitative estimate of drug-likeness (QED) is 0.502. The van der Waals surface area contributed by atoms with Crippen molar-refractivity contribution in [2.75, 3.05) is 17.7 Å². The summed E-state index contributed by atoms with van der Waals surface area (Å²) >= 11 is 1.35. The highest BCUT2D eigenvalue weighted by Gasteiger charge is 2.31. The van der Waals surface area contributed by atoms with E-state index in [1.54, 1.807) is 0 Å². The van der Waals surface area contributed by atoms with Crippen molar-refractivity contribution < 1.29 is 14.3 Å². The van der Waals surface area contributed by atoms with Gasteiger partial charge in [-0.05, 0) is 55.7 Å². The Morgan fingerprint density at radius 3 is 2.52 bits per heavy atom. The summed E-state index contributed by atoms with van der Waals surface area (Å²) in [6.07, 6.45) is 0. The number of hydrazone groups is 1. The maximum absolute atomic E-state index is 12.4. The number of aryl methyl sites for hydroxylation is 2. The Morgan fingerprint density at radius 2 is 2.00 bits per heavy atom. The molecule has 1 aliphatic heterocycles. The van der Waals surface area contributed by atoms with Crippen molar-refractivity contribution in [3.63, 3.8) is 0 Å². The number of hydrogen-bond donors (Lipinski definition) is 2. The molecule has 1 aliphatic rings. The van der Waals surface area contributed by atoms with Crippen molar-refractivity contribution in [3.8, 4) is 0 Å². The molecule has 1 fully saturated rings. The van der Waals surface area contributed by atoms with E-state index in [0.717, 1.165) is 22.5 Å². The number of hydrogen-bond acceptors (Lipinski definition) is 4. The Labute approximate surface area is 140 Å². The van der Waals surface area contributed by atoms with Gasteiger partial charge in [-0.15, -0.1) is 0 Å². The van der Waals surface area contributed by atoms with Gasteiger partial charge in [-0.2, -0.15) is 0 Å². The molecule has 7 heteroatoms. The van der Waals surface area contributed by atoms with Crippen molar-refractivity contribution in [1.82, 2.24) is 5.32 Å². The summed E-state index contributed by atoms with van der Waals surface area (Å²) in [5.41, 5.74) is 3.59. The Bertz CT molecular complexity index is 686. The molecule has 0 aromatic heterocycles. The van der Waals surface area contributed by atoms with Crippen LogP contribution in [0.5, 0.6) is 0 Å². The molecule has 0 radical (unpaired) electrons. The van der Waals surface area contributed by atoms with Gasteiger partial charge in [0.25, 0.3) is 12.5 Å². The fourth-order valence-corrected chi connectivity index (χ4v) is 3.02. The third-order valence-corrected chi connectivity index (χ3v) is 4.19. The zero-order valence-electron chi connectivity index (χ0n) is 13.8. The van der Waals surface area contributed by atoms with Crippen molar-refractivity contribution in [3.05, 3.63) is 29.3 Å². The number of amides is 2. The summed E-state index contributed by atoms with van der Waals surface area (Å²) in [4.78, 5) is 24.2. The molecule has 6 nitrogen and oxygen atoms in total. The lowest BCUT2D eigenvalue weighted by Crippen LogP contribution is -2.31. The van der Waals surface area contributed by atoms with E-state index in [-0.39, 0.29) is 18.4 Å². The lowest BCUT2D eigenvalue weighted by molar-refractivity contribution is -0.517. The third-order valence-electron chi connectivity index (χ3n) is 3.23. The Balaban J connectivity index is 2.22. The van der Waals surface area contributed by atoms with Gasteiger partial charge in [0.2, 0.25) is 0 Å². The number of benzene rings is 1. The largest absolute Gasteiger partial charge is 0.337 e. The summed E-state index contributed by atoms with van der Waals surface area (Å²) in [7, 11) is 0. The molecule has 0 unspecified atom stereocenters. The molecule has 0 bridgehead atoms. The van der Waals surface area contributed by atoms with Crippen LogP contribution in [0.15, 0.2) is 23.3 Å². The molecule has 1 saturated heterocycles. The Morgan fingerprint density at radius 1 is 1.35 bits per heavy atom. The Kier molecular flexibility index (Phi) is 5.54. The number of para-hydroxylation sites is 1. The van der Waals surface area contributed by atoms with Gasteiger partial charge < -0.3 is 10.6 Å². The van der Waals surface area contributed by atoms with Crippen molar-refractivity contribution in [2.24, 2.45) is 5.10 Å². The van der Waals surface area contributed by atoms with Crippen LogP contribution < -0.4 is 10.6 Å². The predicted octanol–water partition coefficient (Wildman–Crippen LogP) is 1.87. The first-order valence-corrected chi connectivity index (χ1v) is 8.30. The summed E-state index contributed by atoms with van der Waals surface area (Å²) in [5, 5.41) is 10.4. The zero-order chi connectivity index (χ0) is 17.0. The van der Waals surface area contributed by atoms with Gasteiger partial charge in [0.1, 0.15) is 0 Å². The lowest BCUT2D eigenvalue weighted by atomic mass is 10.1. The molecule has 0 aliphatic carbocycles. The number of anilines is 1. The molecule has 0 saturated carbocycles. The van der Waals surface area contributed by atoms with Crippen LogP contribution in [0.2, 0.25) is 0 Å². The van der Waals surface area contributed by atoms with E-state index in [4.69, 9.17) is 0 Å². The molecule has 0 spiro atoms. The van der Waals surface area contributed by atoms with Gasteiger partial charge >= 0.3 is 11.0 Å². The zero-order valence-corrected chi connectivity index (χ0v) is 14.6. The molecule has 1 heterocycles. The monoisotopic (exact) mass is 333 g/mol. The van der Waals surface area contributed by atoms with Crippen LogP contribution in [0.25, 0.3) is 0 Å². The fraction of sp³-hybridized carbons (Fsp3) is 0.375. The second kappa shape index (κ2) is 7.41. The third kappa shape index (κ3) is 4.41. The molecule has 1 aromatic rings. The van der Waals surface area contributed by atoms with E-state index in [2.05, 4.69) is 15.7 Å². The molecule has 23 heavy (non-hydrogen) atoms. The molecule has 2 rings (SSSR count). The van der Waals surface area contributed by atoms with E-state index in [9.17, 15) is 9.59 Å². The summed E-state index contributed by atoms with van der Waals surface area (Å²) < 4.78 is 1.46. The van der Waals surface area contributed by atoms with E-state index >= 15 is 0 Å². The number of carbonyl (C=O) groups excluding carboxylic acids is 2. The van der Waals surface area contributed by atoms with Gasteiger partial charge in [-0.25, -0.2) is 0 Å². The number of rotatable bonds is 4. The fourth-order valence-electron chi connectivity index (χ4n) is 2.22. The topological polar surface area (TPSA) is 73.6 Å². The minimum atomic E-state index is -0.208. The molecule has 2 amide bonds. The van der Waals surface area contributed by atoms with Crippen LogP contribution in [0, 0.1) is 13.8 Å². The van der Waals surface area contributed by atoms with Crippen LogP contribution >= 0.6 is 11.8 Å². The van der Waals surface area contributed by atoms with E-state index < -0.39 is 0 Å². The average molecular weight is 333 g/mol. The maximum Gasteiger partial charge on any atom is 0.332 e. The number of carbonyl (C=O) groups is 2. The van der Waals surface area contributed by atoms with E-state index in [1.807, 2.05) is 45.9 Å². The molecular formula is C16H21N4O2S+. The molecule has 122 valence electrons. The molecule has 0 atom stereocenters. The molecule has 2 N–H and O–H groups in total. The first kappa shape index (κ1) is 17.2. The Hall–Kier alpha value is -2.15. The first-order chi connectivity index (χ1) is 10.9. The molecular weight excluding hydrogens is 312 g/mol. The summed E-state index contributed by atoms with van der Waals surface area (Å²) in [6, 6.07) is 5.85. The van der Waals surface area contributed by atoms with Crippen molar-refractivity contribution in [1.29, 1.82) is 0 Å². The highest BCUT2D eigenvalue weighted by molar-refractivity contribution is 8.16. The highest BCUT2D eigenvalue weighted by atomic mass is 32.2. The SMILES string of the molecule is CC(C)=N[N+](CC(=O)Nc1c(C)cccc1C)=C1SCNC1=O. The van der Waals surface area contributed by atoms with Gasteiger partial charge in [0.15, 0.2) is 0 Å². The van der Waals surface area contributed by atoms with Crippen LogP contribution in [-0.4, -0.2) is 39.7 Å². The molecule has 1 aromatic carbocycles. The van der Waals surface area contributed by atoms with Crippen LogP contribution in [0.4, 0.5) is 5.69 Å². The van der Waals surface area contributed by atoms with Crippen LogP contribution in [0.3, 0.4) is 0 Å². The van der Waals surface area contributed by atoms with Crippen molar-refractivity contribution >= 4 is 40.0 Å². The van der Waals surface area contributed by atoms with E-state index in [1.165, 1.54) is 16.4 Å². The number of nitrogens with one attached hydrogen (secondary N) is 2. The van der Waals surface area contributed by atoms with Crippen LogP contribution in [-0.2, 0) is 9.59 Å². The average Bonchev–Trinajstić information content (AvgIpc) is 2.88. The predicted molar refractivity (Wildman–Crippen MR) is 94.1 cm³/mol. The summed E-state index contributed by atoms with van der Waals surface area (Å²) in [6.45, 7) is 7.55. The van der Waals surface area contributed by atoms with Gasteiger partial charge in [0.05, 0.1) is 11.6 Å². The maximum atomic E-state index is 12.4. The lowest BCUT2D eigenvalue weighted by Gasteiger charge is -2.10. The van der Waals surface area contributed by atoms with Crippen molar-refractivity contribution in [2.45, 2.75) is 27.7 Å². The van der Waals surface area contributed by atoms with Gasteiger partial charge in [0, 0.05) is 5.69 Å². The standard InChI is InChI=1S/C16H20N4O2S/c1-10(2)19-20(16-15(22)17-9-23-16)8-13(21)18-14-11(3)6-5-7-12(14)4/h5-7H,8-9H2,1-4H3,(H-,17,18,21,22)/p+1. The van der Waals surface area contributed by atoms with E-state index in [0.29, 0.717) is 10.9 Å². The first-order valence-electron chi connectivity index (χ1n) is 7.32. The highest BCUT2D eigenvalue weighted by Crippen LogP contribution is 2.19. The van der Waals surface area contributed by atoms with Gasteiger partial charge in [-0.3, -0.25) is 9.59 Å². The number of thioether (sulfide) groups is 1. The smallest absolute Gasteiger partial charge is 0.332 e. The second-order valence-electron chi connectivity index (χ2n) is 5.52. The minimum absolute atomic E-state index is 0.00525. The minimum Gasteiger partial charge on any atom is -0.337 e. The number of nitrogens with zero attached hydrogens (tertiary/aromatic N) is 2. The second-order valence-corrected chi connectivity index (χ2v) is 6.48.